The van der Waals surface area contributed by atoms with Gasteiger partial charge in [0.2, 0.25) is 5.91 Å². The topological polar surface area (TPSA) is 95.3 Å². The van der Waals surface area contributed by atoms with Crippen molar-refractivity contribution in [2.24, 2.45) is 7.05 Å². The molecule has 0 aliphatic carbocycles. The molecule has 4 rings (SSSR count). The molecular formula is C27H28N4O4S2. The van der Waals surface area contributed by atoms with Crippen LogP contribution in [0.1, 0.15) is 41.7 Å². The molecule has 0 bridgehead atoms. The molecule has 0 radical (unpaired) electrons. The second-order valence-electron chi connectivity index (χ2n) is 8.21. The fourth-order valence-corrected chi connectivity index (χ4v) is 5.44. The van der Waals surface area contributed by atoms with E-state index in [1.807, 2.05) is 78.5 Å². The van der Waals surface area contributed by atoms with Crippen LogP contribution in [0.3, 0.4) is 0 Å². The van der Waals surface area contributed by atoms with Crippen molar-refractivity contribution in [3.63, 3.8) is 0 Å². The molecule has 0 aliphatic rings. The van der Waals surface area contributed by atoms with Crippen LogP contribution >= 0.6 is 23.1 Å². The number of anilines is 1. The van der Waals surface area contributed by atoms with E-state index in [0.29, 0.717) is 21.5 Å². The highest BCUT2D eigenvalue weighted by atomic mass is 32.2. The lowest BCUT2D eigenvalue weighted by atomic mass is 10.0. The van der Waals surface area contributed by atoms with Crippen molar-refractivity contribution >= 4 is 40.0 Å². The Bertz CT molecular complexity index is 1370. The number of esters is 1. The van der Waals surface area contributed by atoms with Gasteiger partial charge in [-0.25, -0.2) is 4.79 Å². The first-order valence-electron chi connectivity index (χ1n) is 11.7. The third-order valence-electron chi connectivity index (χ3n) is 5.73. The van der Waals surface area contributed by atoms with E-state index >= 15 is 0 Å². The number of hydrogen-bond donors (Lipinski definition) is 1. The number of nitrogens with zero attached hydrogens (tertiary/aromatic N) is 3. The maximum atomic E-state index is 12.8. The number of rotatable bonds is 10. The lowest BCUT2D eigenvalue weighted by Gasteiger charge is -2.14. The van der Waals surface area contributed by atoms with Crippen molar-refractivity contribution < 1.29 is 19.1 Å². The van der Waals surface area contributed by atoms with Gasteiger partial charge in [0.25, 0.3) is 0 Å². The van der Waals surface area contributed by atoms with Gasteiger partial charge in [-0.3, -0.25) is 4.79 Å². The van der Waals surface area contributed by atoms with Gasteiger partial charge >= 0.3 is 5.97 Å². The third-order valence-corrected chi connectivity index (χ3v) is 7.64. The molecule has 1 atom stereocenters. The van der Waals surface area contributed by atoms with Crippen LogP contribution in [0.5, 0.6) is 5.75 Å². The zero-order valence-corrected chi connectivity index (χ0v) is 22.7. The summed E-state index contributed by atoms with van der Waals surface area (Å²) >= 11 is 2.54. The summed E-state index contributed by atoms with van der Waals surface area (Å²) < 4.78 is 12.8. The minimum Gasteiger partial charge on any atom is -0.483 e. The van der Waals surface area contributed by atoms with E-state index in [-0.39, 0.29) is 17.8 Å². The first-order valence-corrected chi connectivity index (χ1v) is 13.6. The molecule has 10 heteroatoms. The maximum absolute atomic E-state index is 12.8. The van der Waals surface area contributed by atoms with Crippen LogP contribution in [0.2, 0.25) is 0 Å². The van der Waals surface area contributed by atoms with Gasteiger partial charge in [0.1, 0.15) is 16.3 Å². The van der Waals surface area contributed by atoms with Crippen LogP contribution in [-0.2, 0) is 23.0 Å². The van der Waals surface area contributed by atoms with Crippen LogP contribution in [-0.4, -0.2) is 39.5 Å². The van der Waals surface area contributed by atoms with E-state index in [0.717, 1.165) is 23.3 Å². The molecule has 8 nitrogen and oxygen atoms in total. The molecule has 4 aromatic rings. The van der Waals surface area contributed by atoms with E-state index in [2.05, 4.69) is 22.4 Å². The normalized spacial score (nSPS) is 11.7. The fraction of sp³-hybridized carbons (Fsp3) is 0.259. The first-order chi connectivity index (χ1) is 17.9. The second kappa shape index (κ2) is 12.1. The van der Waals surface area contributed by atoms with Crippen LogP contribution in [0, 0.1) is 0 Å². The minimum atomic E-state index is -0.501. The van der Waals surface area contributed by atoms with E-state index in [1.54, 1.807) is 0 Å². The molecule has 0 aliphatic heterocycles. The van der Waals surface area contributed by atoms with Crippen LogP contribution in [0.4, 0.5) is 5.00 Å². The number of carbonyl (C=O) groups excluding carboxylic acids is 2. The Morgan fingerprint density at radius 1 is 1.11 bits per heavy atom. The van der Waals surface area contributed by atoms with Crippen LogP contribution < -0.4 is 10.1 Å². The van der Waals surface area contributed by atoms with Gasteiger partial charge in [-0.2, -0.15) is 0 Å². The Morgan fingerprint density at radius 2 is 1.84 bits per heavy atom. The van der Waals surface area contributed by atoms with E-state index in [4.69, 9.17) is 9.47 Å². The predicted molar refractivity (Wildman–Crippen MR) is 146 cm³/mol. The number of nitrogens with one attached hydrogen (secondary N) is 1. The molecule has 2 heterocycles. The number of carbonyl (C=O) groups is 2. The Hall–Kier alpha value is -3.63. The SMILES string of the molecule is CCc1ccc(OC(C)c2nnc(SCC(=O)Nc3scc(-c4ccccc4)c3C(=O)OC)n2C)cc1. The van der Waals surface area contributed by atoms with Gasteiger partial charge in [0, 0.05) is 18.0 Å². The number of hydrogen-bond acceptors (Lipinski definition) is 8. The van der Waals surface area contributed by atoms with Crippen LogP contribution in [0.15, 0.2) is 65.1 Å². The van der Waals surface area contributed by atoms with Crippen LogP contribution in [0.25, 0.3) is 11.1 Å². The Morgan fingerprint density at radius 3 is 2.51 bits per heavy atom. The van der Waals surface area contributed by atoms with Gasteiger partial charge in [-0.15, -0.1) is 21.5 Å². The summed E-state index contributed by atoms with van der Waals surface area (Å²) in [7, 11) is 3.17. The average molecular weight is 537 g/mol. The number of thioether (sulfide) groups is 1. The van der Waals surface area contributed by atoms with Crippen molar-refractivity contribution in [3.8, 4) is 16.9 Å². The average Bonchev–Trinajstić information content (AvgIpc) is 3.51. The lowest BCUT2D eigenvalue weighted by Crippen LogP contribution is -2.16. The fourth-order valence-electron chi connectivity index (χ4n) is 3.74. The van der Waals surface area contributed by atoms with Crippen molar-refractivity contribution in [1.29, 1.82) is 0 Å². The first kappa shape index (κ1) is 26.4. The minimum absolute atomic E-state index is 0.0961. The Balaban J connectivity index is 1.40. The summed E-state index contributed by atoms with van der Waals surface area (Å²) in [6, 6.07) is 17.5. The number of amides is 1. The largest absolute Gasteiger partial charge is 0.483 e. The molecule has 2 aromatic carbocycles. The van der Waals surface area contributed by atoms with E-state index in [9.17, 15) is 9.59 Å². The van der Waals surface area contributed by atoms with Gasteiger partial charge in [0.15, 0.2) is 17.1 Å². The smallest absolute Gasteiger partial charge is 0.341 e. The standard InChI is InChI=1S/C27H28N4O4S2/c1-5-18-11-13-20(14-12-18)35-17(2)24-29-30-27(31(24)3)37-16-22(32)28-25-23(26(33)34-4)21(15-36-25)19-9-7-6-8-10-19/h6-15,17H,5,16H2,1-4H3,(H,28,32). The summed E-state index contributed by atoms with van der Waals surface area (Å²) in [4.78, 5) is 25.3. The number of methoxy groups -OCH3 is 1. The summed E-state index contributed by atoms with van der Waals surface area (Å²) in [5.41, 5.74) is 3.18. The molecule has 1 unspecified atom stereocenters. The molecule has 1 amide bonds. The highest BCUT2D eigenvalue weighted by Crippen LogP contribution is 2.36. The zero-order valence-electron chi connectivity index (χ0n) is 21.1. The summed E-state index contributed by atoms with van der Waals surface area (Å²) in [6.45, 7) is 4.02. The van der Waals surface area contributed by atoms with E-state index < -0.39 is 5.97 Å². The number of benzene rings is 2. The molecule has 192 valence electrons. The maximum Gasteiger partial charge on any atom is 0.341 e. The summed E-state index contributed by atoms with van der Waals surface area (Å²) in [5.74, 6) is 0.745. The van der Waals surface area contributed by atoms with Crippen molar-refractivity contribution in [1.82, 2.24) is 14.8 Å². The number of ether oxygens (including phenoxy) is 2. The van der Waals surface area contributed by atoms with Crippen molar-refractivity contribution in [2.75, 3.05) is 18.2 Å². The molecule has 0 fully saturated rings. The Labute approximate surface area is 224 Å². The lowest BCUT2D eigenvalue weighted by molar-refractivity contribution is -0.113. The zero-order chi connectivity index (χ0) is 26.4. The second-order valence-corrected chi connectivity index (χ2v) is 10.0. The molecule has 0 spiro atoms. The summed E-state index contributed by atoms with van der Waals surface area (Å²) in [5, 5.41) is 14.2. The number of thiophene rings is 1. The van der Waals surface area contributed by atoms with Gasteiger partial charge in [-0.1, -0.05) is 61.2 Å². The third kappa shape index (κ3) is 6.20. The van der Waals surface area contributed by atoms with Gasteiger partial charge in [0.05, 0.1) is 12.9 Å². The molecule has 2 aromatic heterocycles. The number of aryl methyl sites for hydroxylation is 1. The van der Waals surface area contributed by atoms with Gasteiger partial charge < -0.3 is 19.4 Å². The molecule has 0 saturated carbocycles. The van der Waals surface area contributed by atoms with Crippen molar-refractivity contribution in [2.45, 2.75) is 31.5 Å². The van der Waals surface area contributed by atoms with E-state index in [1.165, 1.54) is 35.8 Å². The summed E-state index contributed by atoms with van der Waals surface area (Å²) in [6.07, 6.45) is 0.649. The number of aromatic nitrogens is 3. The predicted octanol–water partition coefficient (Wildman–Crippen LogP) is 5.76. The molecule has 37 heavy (non-hydrogen) atoms. The molecular weight excluding hydrogens is 508 g/mol. The van der Waals surface area contributed by atoms with Gasteiger partial charge in [-0.05, 0) is 36.6 Å². The van der Waals surface area contributed by atoms with Crippen molar-refractivity contribution in [3.05, 3.63) is 76.9 Å². The quantitative estimate of drug-likeness (QED) is 0.203. The highest BCUT2D eigenvalue weighted by Gasteiger charge is 2.23. The monoisotopic (exact) mass is 536 g/mol. The highest BCUT2D eigenvalue weighted by molar-refractivity contribution is 7.99. The Kier molecular flexibility index (Phi) is 8.62. The molecule has 0 saturated heterocycles. The molecule has 1 N–H and O–H groups in total.